The van der Waals surface area contributed by atoms with Gasteiger partial charge in [-0.1, -0.05) is 13.8 Å². The monoisotopic (exact) mass is 306 g/mol. The summed E-state index contributed by atoms with van der Waals surface area (Å²) in [6.07, 6.45) is 8.06. The van der Waals surface area contributed by atoms with Crippen LogP contribution in [0.3, 0.4) is 0 Å². The topological polar surface area (TPSA) is 15.3 Å². The molecular formula is C18H30N2S. The van der Waals surface area contributed by atoms with Crippen LogP contribution in [0.25, 0.3) is 0 Å². The Labute approximate surface area is 133 Å². The van der Waals surface area contributed by atoms with Gasteiger partial charge >= 0.3 is 0 Å². The molecule has 3 heterocycles. The van der Waals surface area contributed by atoms with Crippen LogP contribution in [0, 0.1) is 5.92 Å². The summed E-state index contributed by atoms with van der Waals surface area (Å²) in [5.41, 5.74) is 0. The van der Waals surface area contributed by atoms with Crippen molar-refractivity contribution in [2.75, 3.05) is 13.6 Å². The molecule has 0 aromatic carbocycles. The Morgan fingerprint density at radius 2 is 1.86 bits per heavy atom. The van der Waals surface area contributed by atoms with Gasteiger partial charge in [-0.2, -0.15) is 0 Å². The van der Waals surface area contributed by atoms with Crippen molar-refractivity contribution in [3.8, 4) is 0 Å². The van der Waals surface area contributed by atoms with Gasteiger partial charge < -0.3 is 10.2 Å². The van der Waals surface area contributed by atoms with E-state index in [9.17, 15) is 0 Å². The van der Waals surface area contributed by atoms with E-state index in [1.807, 2.05) is 11.3 Å². The molecule has 2 bridgehead atoms. The molecule has 3 rings (SSSR count). The van der Waals surface area contributed by atoms with Crippen LogP contribution in [0.2, 0.25) is 0 Å². The first-order chi connectivity index (χ1) is 10.2. The van der Waals surface area contributed by atoms with E-state index < -0.39 is 0 Å². The zero-order chi connectivity index (χ0) is 14.8. The summed E-state index contributed by atoms with van der Waals surface area (Å²) in [6.45, 7) is 5.60. The maximum atomic E-state index is 3.80. The number of nitrogens with zero attached hydrogens (tertiary/aromatic N) is 1. The number of rotatable bonds is 6. The minimum absolute atomic E-state index is 0.676. The number of hydrogen-bond acceptors (Lipinski definition) is 3. The molecule has 1 N–H and O–H groups in total. The molecule has 3 heteroatoms. The minimum atomic E-state index is 0.676. The SMILES string of the molecule is CCNC(Cc1ccc(CC)s1)C1CC2CCC(C1)N2C. The molecule has 2 aliphatic heterocycles. The van der Waals surface area contributed by atoms with Crippen LogP contribution < -0.4 is 5.32 Å². The first-order valence-electron chi connectivity index (χ1n) is 8.74. The number of aryl methyl sites for hydroxylation is 1. The Bertz CT molecular complexity index is 442. The minimum Gasteiger partial charge on any atom is -0.314 e. The molecule has 0 spiro atoms. The van der Waals surface area contributed by atoms with E-state index in [2.05, 4.69) is 43.2 Å². The Morgan fingerprint density at radius 1 is 1.19 bits per heavy atom. The molecule has 118 valence electrons. The lowest BCUT2D eigenvalue weighted by Gasteiger charge is -2.40. The van der Waals surface area contributed by atoms with Crippen molar-refractivity contribution in [1.29, 1.82) is 0 Å². The number of fused-ring (bicyclic) bond motifs is 2. The van der Waals surface area contributed by atoms with Crippen molar-refractivity contribution in [2.24, 2.45) is 5.92 Å². The standard InChI is InChI=1S/C18H30N2S/c1-4-16-8-9-17(21-16)12-18(19-5-2)13-10-14-6-7-15(11-13)20(14)3/h8-9,13-15,18-19H,4-7,10-12H2,1-3H3. The van der Waals surface area contributed by atoms with Gasteiger partial charge in [-0.15, -0.1) is 11.3 Å². The third-order valence-corrected chi connectivity index (χ3v) is 6.91. The summed E-state index contributed by atoms with van der Waals surface area (Å²) in [7, 11) is 2.34. The third kappa shape index (κ3) is 3.35. The number of hydrogen-bond donors (Lipinski definition) is 1. The molecule has 2 nitrogen and oxygen atoms in total. The van der Waals surface area contributed by atoms with E-state index >= 15 is 0 Å². The molecular weight excluding hydrogens is 276 g/mol. The van der Waals surface area contributed by atoms with Gasteiger partial charge in [-0.05, 0) is 70.2 Å². The molecule has 2 fully saturated rings. The Hall–Kier alpha value is -0.380. The van der Waals surface area contributed by atoms with Gasteiger partial charge in [-0.3, -0.25) is 0 Å². The van der Waals surface area contributed by atoms with Gasteiger partial charge in [0.05, 0.1) is 0 Å². The molecule has 3 atom stereocenters. The van der Waals surface area contributed by atoms with Crippen molar-refractivity contribution < 1.29 is 0 Å². The molecule has 21 heavy (non-hydrogen) atoms. The second kappa shape index (κ2) is 6.80. The highest BCUT2D eigenvalue weighted by Gasteiger charge is 2.40. The van der Waals surface area contributed by atoms with Gasteiger partial charge in [0.2, 0.25) is 0 Å². The summed E-state index contributed by atoms with van der Waals surface area (Å²) in [4.78, 5) is 5.76. The quantitative estimate of drug-likeness (QED) is 0.862. The van der Waals surface area contributed by atoms with E-state index in [4.69, 9.17) is 0 Å². The average molecular weight is 307 g/mol. The van der Waals surface area contributed by atoms with Crippen LogP contribution in [0.15, 0.2) is 12.1 Å². The fourth-order valence-corrected chi connectivity index (χ4v) is 5.40. The van der Waals surface area contributed by atoms with E-state index in [1.54, 1.807) is 4.88 Å². The van der Waals surface area contributed by atoms with Crippen molar-refractivity contribution in [3.05, 3.63) is 21.9 Å². The molecule has 1 aromatic rings. The average Bonchev–Trinajstić information content (AvgIpc) is 2.99. The van der Waals surface area contributed by atoms with Crippen LogP contribution in [-0.4, -0.2) is 36.6 Å². The number of piperidine rings is 1. The van der Waals surface area contributed by atoms with Gasteiger partial charge in [-0.25, -0.2) is 0 Å². The summed E-state index contributed by atoms with van der Waals surface area (Å²) in [5, 5.41) is 3.80. The first kappa shape index (κ1) is 15.5. The summed E-state index contributed by atoms with van der Waals surface area (Å²) in [6, 6.07) is 7.06. The molecule has 0 amide bonds. The lowest BCUT2D eigenvalue weighted by Crippen LogP contribution is -2.47. The highest BCUT2D eigenvalue weighted by atomic mass is 32.1. The van der Waals surface area contributed by atoms with E-state index in [-0.39, 0.29) is 0 Å². The van der Waals surface area contributed by atoms with Crippen molar-refractivity contribution in [3.63, 3.8) is 0 Å². The number of nitrogens with one attached hydrogen (secondary N) is 1. The Morgan fingerprint density at radius 3 is 2.43 bits per heavy atom. The molecule has 2 saturated heterocycles. The predicted octanol–water partition coefficient (Wildman–Crippen LogP) is 3.70. The molecule has 3 unspecified atom stereocenters. The van der Waals surface area contributed by atoms with Gasteiger partial charge in [0.25, 0.3) is 0 Å². The van der Waals surface area contributed by atoms with Crippen LogP contribution in [-0.2, 0) is 12.8 Å². The smallest absolute Gasteiger partial charge is 0.0145 e. The second-order valence-corrected chi connectivity index (χ2v) is 8.12. The van der Waals surface area contributed by atoms with E-state index in [1.165, 1.54) is 43.4 Å². The maximum Gasteiger partial charge on any atom is 0.0145 e. The van der Waals surface area contributed by atoms with Crippen LogP contribution in [0.5, 0.6) is 0 Å². The summed E-state index contributed by atoms with van der Waals surface area (Å²) >= 11 is 2.02. The second-order valence-electron chi connectivity index (χ2n) is 6.87. The highest BCUT2D eigenvalue weighted by Crippen LogP contribution is 2.39. The van der Waals surface area contributed by atoms with Crippen LogP contribution in [0.4, 0.5) is 0 Å². The highest BCUT2D eigenvalue weighted by molar-refractivity contribution is 7.11. The normalized spacial score (nSPS) is 30.7. The van der Waals surface area contributed by atoms with Crippen molar-refractivity contribution in [2.45, 2.75) is 70.5 Å². The van der Waals surface area contributed by atoms with Crippen molar-refractivity contribution >= 4 is 11.3 Å². The number of likely N-dealkylation sites (N-methyl/N-ethyl adjacent to an activating group) is 1. The molecule has 2 aliphatic rings. The van der Waals surface area contributed by atoms with Crippen molar-refractivity contribution in [1.82, 2.24) is 10.2 Å². The fraction of sp³-hybridized carbons (Fsp3) is 0.778. The fourth-order valence-electron chi connectivity index (χ4n) is 4.39. The van der Waals surface area contributed by atoms with Crippen LogP contribution in [0.1, 0.15) is 49.3 Å². The van der Waals surface area contributed by atoms with E-state index in [0.717, 1.165) is 24.5 Å². The zero-order valence-electron chi connectivity index (χ0n) is 13.8. The van der Waals surface area contributed by atoms with Gasteiger partial charge in [0, 0.05) is 27.9 Å². The third-order valence-electron chi connectivity index (χ3n) is 5.66. The Balaban J connectivity index is 1.66. The van der Waals surface area contributed by atoms with Gasteiger partial charge in [0.15, 0.2) is 0 Å². The Kier molecular flexibility index (Phi) is 5.03. The van der Waals surface area contributed by atoms with Gasteiger partial charge in [0.1, 0.15) is 0 Å². The van der Waals surface area contributed by atoms with E-state index in [0.29, 0.717) is 6.04 Å². The maximum absolute atomic E-state index is 3.80. The molecule has 1 aromatic heterocycles. The lowest BCUT2D eigenvalue weighted by molar-refractivity contribution is 0.113. The zero-order valence-corrected chi connectivity index (χ0v) is 14.6. The predicted molar refractivity (Wildman–Crippen MR) is 92.2 cm³/mol. The lowest BCUT2D eigenvalue weighted by atomic mass is 9.83. The molecule has 0 radical (unpaired) electrons. The molecule has 0 aliphatic carbocycles. The number of thiophene rings is 1. The molecule has 0 saturated carbocycles. The van der Waals surface area contributed by atoms with Crippen LogP contribution >= 0.6 is 11.3 Å². The summed E-state index contributed by atoms with van der Waals surface area (Å²) < 4.78 is 0. The summed E-state index contributed by atoms with van der Waals surface area (Å²) in [5.74, 6) is 0.867. The largest absolute Gasteiger partial charge is 0.314 e. The first-order valence-corrected chi connectivity index (χ1v) is 9.55.